The SMILES string of the molecule is NC(=O)C(S)S(=O)[O-]. The molecule has 0 aromatic heterocycles. The molecular formula is C2H4NO3S2-. The number of rotatable bonds is 2. The van der Waals surface area contributed by atoms with E-state index in [1.165, 1.54) is 0 Å². The van der Waals surface area contributed by atoms with Crippen molar-refractivity contribution in [2.24, 2.45) is 5.73 Å². The van der Waals surface area contributed by atoms with Gasteiger partial charge in [-0.1, -0.05) is 0 Å². The van der Waals surface area contributed by atoms with Crippen molar-refractivity contribution < 1.29 is 13.6 Å². The molecule has 4 nitrogen and oxygen atoms in total. The Bertz CT molecular complexity index is 110. The molecule has 0 bridgehead atoms. The Morgan fingerprint density at radius 1 is 1.88 bits per heavy atom. The van der Waals surface area contributed by atoms with Gasteiger partial charge >= 0.3 is 0 Å². The molecule has 2 atom stereocenters. The first-order valence-electron chi connectivity index (χ1n) is 1.61. The molecule has 0 spiro atoms. The molecule has 0 saturated heterocycles. The van der Waals surface area contributed by atoms with Crippen molar-refractivity contribution in [3.63, 3.8) is 0 Å². The maximum absolute atomic E-state index is 9.89. The average molecular weight is 154 g/mol. The second-order valence-corrected chi connectivity index (χ2v) is 2.87. The summed E-state index contributed by atoms with van der Waals surface area (Å²) in [5.74, 6) is -0.957. The van der Waals surface area contributed by atoms with Gasteiger partial charge in [0.2, 0.25) is 5.91 Å². The van der Waals surface area contributed by atoms with Crippen molar-refractivity contribution in [3.05, 3.63) is 0 Å². The van der Waals surface area contributed by atoms with Gasteiger partial charge in [0.05, 0.1) is 0 Å². The first-order valence-corrected chi connectivity index (χ1v) is 3.26. The molecule has 1 amide bonds. The van der Waals surface area contributed by atoms with E-state index < -0.39 is 21.6 Å². The summed E-state index contributed by atoms with van der Waals surface area (Å²) in [4.78, 5) is 9.89. The fraction of sp³-hybridized carbons (Fsp3) is 0.500. The van der Waals surface area contributed by atoms with Crippen molar-refractivity contribution in [1.82, 2.24) is 0 Å². The van der Waals surface area contributed by atoms with E-state index >= 15 is 0 Å². The number of nitrogens with two attached hydrogens (primary N) is 1. The first-order chi connectivity index (χ1) is 3.55. The molecule has 2 unspecified atom stereocenters. The Balaban J connectivity index is 3.83. The van der Waals surface area contributed by atoms with Crippen molar-refractivity contribution in [2.75, 3.05) is 0 Å². The van der Waals surface area contributed by atoms with Gasteiger partial charge < -0.3 is 10.3 Å². The van der Waals surface area contributed by atoms with Gasteiger partial charge in [-0.15, -0.1) is 0 Å². The zero-order valence-electron chi connectivity index (χ0n) is 3.73. The molecule has 6 heteroatoms. The molecule has 0 aliphatic carbocycles. The molecule has 0 rings (SSSR count). The molecule has 0 aromatic rings. The fourth-order valence-corrected chi connectivity index (χ4v) is 0.285. The zero-order chi connectivity index (χ0) is 6.73. The molecule has 0 aromatic carbocycles. The van der Waals surface area contributed by atoms with Gasteiger partial charge in [-0.25, -0.2) is 0 Å². The van der Waals surface area contributed by atoms with Gasteiger partial charge in [-0.3, -0.25) is 9.00 Å². The van der Waals surface area contributed by atoms with E-state index in [-0.39, 0.29) is 0 Å². The second kappa shape index (κ2) is 3.06. The summed E-state index contributed by atoms with van der Waals surface area (Å²) < 4.78 is 18.1. The highest BCUT2D eigenvalue weighted by atomic mass is 32.2. The largest absolute Gasteiger partial charge is 0.771 e. The van der Waals surface area contributed by atoms with Crippen LogP contribution in [0, 0.1) is 0 Å². The molecule has 0 aliphatic rings. The van der Waals surface area contributed by atoms with Gasteiger partial charge in [-0.05, 0) is 11.1 Å². The number of primary amides is 1. The highest BCUT2D eigenvalue weighted by Gasteiger charge is 2.07. The molecule has 0 saturated carbocycles. The lowest BCUT2D eigenvalue weighted by molar-refractivity contribution is -0.116. The van der Waals surface area contributed by atoms with Crippen LogP contribution in [0.1, 0.15) is 0 Å². The van der Waals surface area contributed by atoms with Crippen LogP contribution in [0.4, 0.5) is 0 Å². The Hall–Kier alpha value is -0.0700. The van der Waals surface area contributed by atoms with E-state index in [9.17, 15) is 13.6 Å². The third kappa shape index (κ3) is 2.29. The van der Waals surface area contributed by atoms with Crippen LogP contribution in [-0.2, 0) is 15.9 Å². The van der Waals surface area contributed by atoms with Crippen molar-refractivity contribution in [2.45, 2.75) is 4.58 Å². The number of hydrogen-bond donors (Lipinski definition) is 2. The normalized spacial score (nSPS) is 17.2. The summed E-state index contributed by atoms with van der Waals surface area (Å²) in [5, 5.41) is 0. The topological polar surface area (TPSA) is 83.2 Å². The summed E-state index contributed by atoms with van der Waals surface area (Å²) in [5.41, 5.74) is 4.53. The predicted octanol–water partition coefficient (Wildman–Crippen LogP) is -1.39. The van der Waals surface area contributed by atoms with E-state index in [2.05, 4.69) is 18.4 Å². The Labute approximate surface area is 54.1 Å². The van der Waals surface area contributed by atoms with Crippen molar-refractivity contribution >= 4 is 29.6 Å². The van der Waals surface area contributed by atoms with E-state index in [0.717, 1.165) is 0 Å². The minimum atomic E-state index is -2.50. The molecule has 0 radical (unpaired) electrons. The standard InChI is InChI=1S/C2H5NO3S2/c3-1(4)2(7)8(5)6/h2,7H,(H2,3,4)(H,5,6)/p-1. The molecule has 8 heavy (non-hydrogen) atoms. The molecule has 0 fully saturated rings. The summed E-state index contributed by atoms with van der Waals surface area (Å²) in [6, 6.07) is 0. The lowest BCUT2D eigenvalue weighted by Gasteiger charge is -2.07. The Morgan fingerprint density at radius 3 is 2.25 bits per heavy atom. The average Bonchev–Trinajstić information content (AvgIpc) is 1.64. The lowest BCUT2D eigenvalue weighted by Crippen LogP contribution is -2.27. The van der Waals surface area contributed by atoms with E-state index in [0.29, 0.717) is 0 Å². The smallest absolute Gasteiger partial charge is 0.241 e. The first kappa shape index (κ1) is 7.93. The number of carbonyl (C=O) groups is 1. The van der Waals surface area contributed by atoms with Crippen LogP contribution in [-0.4, -0.2) is 19.3 Å². The lowest BCUT2D eigenvalue weighted by atomic mass is 10.8. The molecule has 2 N–H and O–H groups in total. The molecule has 48 valence electrons. The number of hydrogen-bond acceptors (Lipinski definition) is 4. The minimum Gasteiger partial charge on any atom is -0.771 e. The monoisotopic (exact) mass is 154 g/mol. The highest BCUT2D eigenvalue weighted by molar-refractivity contribution is 7.99. The van der Waals surface area contributed by atoms with Gasteiger partial charge in [-0.2, -0.15) is 12.6 Å². The van der Waals surface area contributed by atoms with Crippen LogP contribution in [0.25, 0.3) is 0 Å². The van der Waals surface area contributed by atoms with Crippen LogP contribution in [0.2, 0.25) is 0 Å². The van der Waals surface area contributed by atoms with Gasteiger partial charge in [0.1, 0.15) is 4.58 Å². The zero-order valence-corrected chi connectivity index (χ0v) is 5.45. The van der Waals surface area contributed by atoms with Crippen LogP contribution in [0.5, 0.6) is 0 Å². The molecular weight excluding hydrogens is 150 g/mol. The summed E-state index contributed by atoms with van der Waals surface area (Å²) >= 11 is 0.832. The second-order valence-electron chi connectivity index (χ2n) is 1.02. The summed E-state index contributed by atoms with van der Waals surface area (Å²) in [6.07, 6.45) is 0. The van der Waals surface area contributed by atoms with Crippen molar-refractivity contribution in [1.29, 1.82) is 0 Å². The summed E-state index contributed by atoms with van der Waals surface area (Å²) in [6.45, 7) is 0. The van der Waals surface area contributed by atoms with Gasteiger partial charge in [0, 0.05) is 0 Å². The minimum absolute atomic E-state index is 0.957. The summed E-state index contributed by atoms with van der Waals surface area (Å²) in [7, 11) is 0. The third-order valence-electron chi connectivity index (χ3n) is 0.426. The molecule has 0 aliphatic heterocycles. The van der Waals surface area contributed by atoms with Gasteiger partial charge in [0.15, 0.2) is 0 Å². The maximum atomic E-state index is 9.89. The van der Waals surface area contributed by atoms with Gasteiger partial charge in [0.25, 0.3) is 0 Å². The van der Waals surface area contributed by atoms with Crippen LogP contribution < -0.4 is 5.73 Å². The molecule has 0 heterocycles. The Kier molecular flexibility index (Phi) is 3.03. The van der Waals surface area contributed by atoms with E-state index in [4.69, 9.17) is 0 Å². The third-order valence-corrected chi connectivity index (χ3v) is 1.79. The number of amides is 1. The maximum Gasteiger partial charge on any atom is 0.241 e. The number of carbonyl (C=O) groups excluding carboxylic acids is 1. The van der Waals surface area contributed by atoms with Crippen molar-refractivity contribution in [3.8, 4) is 0 Å². The van der Waals surface area contributed by atoms with E-state index in [1.54, 1.807) is 0 Å². The Morgan fingerprint density at radius 2 is 2.25 bits per heavy atom. The predicted molar refractivity (Wildman–Crippen MR) is 30.9 cm³/mol. The van der Waals surface area contributed by atoms with Crippen LogP contribution in [0.3, 0.4) is 0 Å². The van der Waals surface area contributed by atoms with E-state index in [1.807, 2.05) is 0 Å². The fourth-order valence-electron chi connectivity index (χ4n) is 0.0948. The quantitative estimate of drug-likeness (QED) is 0.379. The van der Waals surface area contributed by atoms with Crippen LogP contribution in [0.15, 0.2) is 0 Å². The number of thiol groups is 1. The van der Waals surface area contributed by atoms with Crippen LogP contribution >= 0.6 is 12.6 Å². The highest BCUT2D eigenvalue weighted by Crippen LogP contribution is 1.95.